The Hall–Kier alpha value is -6.71. The molecule has 0 aliphatic carbocycles. The van der Waals surface area contributed by atoms with Gasteiger partial charge in [-0.25, -0.2) is 15.0 Å². The first kappa shape index (κ1) is 36.9. The van der Waals surface area contributed by atoms with Gasteiger partial charge in [-0.3, -0.25) is 43.5 Å². The summed E-state index contributed by atoms with van der Waals surface area (Å²) >= 11 is 1.46. The van der Waals surface area contributed by atoms with Gasteiger partial charge in [-0.05, 0) is 73.3 Å². The molecule has 3 aliphatic rings. The number of carbonyl (C=O) groups is 5. The van der Waals surface area contributed by atoms with E-state index in [9.17, 15) is 24.0 Å². The zero-order chi connectivity index (χ0) is 39.9. The van der Waals surface area contributed by atoms with Gasteiger partial charge in [0.15, 0.2) is 0 Å². The highest BCUT2D eigenvalue weighted by Crippen LogP contribution is 2.38. The highest BCUT2D eigenvalue weighted by atomic mass is 32.2. The number of nitrogens with one attached hydrogen (secondary N) is 2. The molecule has 58 heavy (non-hydrogen) atoms. The zero-order valence-corrected chi connectivity index (χ0v) is 31.9. The molecule has 0 saturated carbocycles. The van der Waals surface area contributed by atoms with E-state index < -0.39 is 29.7 Å². The maximum atomic E-state index is 13.5. The zero-order valence-electron chi connectivity index (χ0n) is 31.1. The molecule has 3 aliphatic heterocycles. The van der Waals surface area contributed by atoms with Gasteiger partial charge in [-0.1, -0.05) is 48.5 Å². The quantitative estimate of drug-likeness (QED) is 0.115. The van der Waals surface area contributed by atoms with Crippen LogP contribution >= 0.6 is 11.8 Å². The minimum absolute atomic E-state index is 0.0295. The Morgan fingerprint density at radius 2 is 1.67 bits per heavy atom. The molecule has 3 aromatic carbocycles. The van der Waals surface area contributed by atoms with Gasteiger partial charge < -0.3 is 11.1 Å². The fourth-order valence-electron chi connectivity index (χ4n) is 7.98. The van der Waals surface area contributed by atoms with E-state index in [1.165, 1.54) is 11.8 Å². The second-order valence-corrected chi connectivity index (χ2v) is 15.5. The molecule has 0 radical (unpaired) electrons. The van der Waals surface area contributed by atoms with Crippen molar-refractivity contribution in [2.75, 3.05) is 17.6 Å². The second-order valence-electron chi connectivity index (χ2n) is 14.5. The number of fused-ring (bicyclic) bond motifs is 2. The smallest absolute Gasteiger partial charge is 0.263 e. The van der Waals surface area contributed by atoms with Gasteiger partial charge in [-0.2, -0.15) is 0 Å². The largest absolute Gasteiger partial charge is 0.382 e. The number of carbonyl (C=O) groups excluding carboxylic acids is 5. The third kappa shape index (κ3) is 6.88. The number of likely N-dealkylation sites (tertiary alicyclic amines) is 1. The third-order valence-corrected chi connectivity index (χ3v) is 12.0. The molecule has 14 nitrogen and oxygen atoms in total. The van der Waals surface area contributed by atoms with Gasteiger partial charge in [0.05, 0.1) is 17.2 Å². The molecule has 6 aromatic rings. The number of pyridine rings is 1. The van der Waals surface area contributed by atoms with Crippen molar-refractivity contribution in [3.63, 3.8) is 0 Å². The summed E-state index contributed by atoms with van der Waals surface area (Å²) in [7, 11) is 0. The average Bonchev–Trinajstić information content (AvgIpc) is 3.93. The van der Waals surface area contributed by atoms with Crippen LogP contribution in [0, 0.1) is 0 Å². The van der Waals surface area contributed by atoms with Crippen LogP contribution in [0.2, 0.25) is 0 Å². The van der Waals surface area contributed by atoms with Crippen LogP contribution in [0.5, 0.6) is 0 Å². The number of amides is 5. The molecule has 2 saturated heterocycles. The maximum absolute atomic E-state index is 13.5. The lowest BCUT2D eigenvalue weighted by atomic mass is 10.0. The standard InChI is InChI=1S/C43H37N9O5S/c44-38-37-36(27-13-15-28(16-14-27)40(54)47-33-8-1-2-19-45-33)49-39(51(37)22-20-46-38)30-6-4-21-50(30)23-25-9-11-26(12-10-25)24-58-32-7-3-5-29-35(32)43(57)52(42(29)56)31-17-18-34(53)48-41(31)55/h1-3,5,7-16,19-20,22,30-31H,4,6,17-18,21,23-24H2,(H2,44,46)(H,45,47,54)(H,48,53,55)/t30-,31?/m0/s1. The first-order valence-electron chi connectivity index (χ1n) is 19.0. The van der Waals surface area contributed by atoms with E-state index in [-0.39, 0.29) is 30.4 Å². The van der Waals surface area contributed by atoms with Crippen molar-refractivity contribution in [1.82, 2.24) is 34.5 Å². The van der Waals surface area contributed by atoms with Gasteiger partial charge >= 0.3 is 0 Å². The lowest BCUT2D eigenvalue weighted by Gasteiger charge is -2.27. The Bertz CT molecular complexity index is 2610. The number of nitrogens with two attached hydrogens (primary N) is 1. The van der Waals surface area contributed by atoms with Crippen LogP contribution in [0.4, 0.5) is 11.6 Å². The Morgan fingerprint density at radius 3 is 2.45 bits per heavy atom. The predicted octanol–water partition coefficient (Wildman–Crippen LogP) is 5.66. The van der Waals surface area contributed by atoms with Crippen LogP contribution in [0.3, 0.4) is 0 Å². The summed E-state index contributed by atoms with van der Waals surface area (Å²) in [4.78, 5) is 81.7. The van der Waals surface area contributed by atoms with E-state index in [1.54, 1.807) is 48.8 Å². The summed E-state index contributed by atoms with van der Waals surface area (Å²) in [5, 5.41) is 5.06. The number of piperidine rings is 1. The van der Waals surface area contributed by atoms with Crippen molar-refractivity contribution in [2.24, 2.45) is 0 Å². The molecule has 2 atom stereocenters. The number of benzene rings is 3. The summed E-state index contributed by atoms with van der Waals surface area (Å²) in [6.07, 6.45) is 7.32. The Balaban J connectivity index is 0.887. The van der Waals surface area contributed by atoms with Gasteiger partial charge in [0.1, 0.15) is 34.7 Å². The number of imide groups is 2. The SMILES string of the molecule is Nc1nccn2c([C@@H]3CCCN3Cc3ccc(CSc4cccc5c4C(=O)N(C4CCC(=O)NC4=O)C5=O)cc3)nc(-c3ccc(C(=O)Nc4ccccn4)cc3)c12. The van der Waals surface area contributed by atoms with E-state index in [4.69, 9.17) is 10.7 Å². The summed E-state index contributed by atoms with van der Waals surface area (Å²) in [6, 6.07) is 25.2. The summed E-state index contributed by atoms with van der Waals surface area (Å²) in [6.45, 7) is 1.61. The van der Waals surface area contributed by atoms with E-state index in [0.29, 0.717) is 45.6 Å². The predicted molar refractivity (Wildman–Crippen MR) is 217 cm³/mol. The summed E-state index contributed by atoms with van der Waals surface area (Å²) in [5.74, 6) is -0.0329. The molecule has 5 amide bonds. The van der Waals surface area contributed by atoms with Crippen molar-refractivity contribution in [1.29, 1.82) is 0 Å². The van der Waals surface area contributed by atoms with Gasteiger partial charge in [-0.15, -0.1) is 11.8 Å². The van der Waals surface area contributed by atoms with Crippen LogP contribution < -0.4 is 16.4 Å². The molecule has 2 fully saturated rings. The lowest BCUT2D eigenvalue weighted by Crippen LogP contribution is -2.54. The first-order chi connectivity index (χ1) is 28.2. The lowest BCUT2D eigenvalue weighted by molar-refractivity contribution is -0.136. The number of rotatable bonds is 10. The third-order valence-electron chi connectivity index (χ3n) is 10.8. The molecule has 3 aromatic heterocycles. The topological polar surface area (TPSA) is 185 Å². The van der Waals surface area contributed by atoms with Crippen molar-refractivity contribution in [2.45, 2.75) is 55.0 Å². The number of nitrogens with zero attached hydrogens (tertiary/aromatic N) is 6. The number of imidazole rings is 1. The van der Waals surface area contributed by atoms with Crippen LogP contribution in [0.15, 0.2) is 108 Å². The average molecular weight is 792 g/mol. The second kappa shape index (κ2) is 15.3. The van der Waals surface area contributed by atoms with Crippen LogP contribution in [-0.4, -0.2) is 71.3 Å². The highest BCUT2D eigenvalue weighted by Gasteiger charge is 2.45. The molecule has 290 valence electrons. The molecule has 4 N–H and O–H groups in total. The fraction of sp³-hybridized carbons (Fsp3) is 0.209. The Labute approximate surface area is 336 Å². The first-order valence-corrected chi connectivity index (χ1v) is 20.0. The number of anilines is 2. The summed E-state index contributed by atoms with van der Waals surface area (Å²) in [5.41, 5.74) is 12.0. The van der Waals surface area contributed by atoms with E-state index in [2.05, 4.69) is 49.8 Å². The minimum atomic E-state index is -1.01. The summed E-state index contributed by atoms with van der Waals surface area (Å²) < 4.78 is 2.03. The normalized spacial score (nSPS) is 18.2. The van der Waals surface area contributed by atoms with Crippen molar-refractivity contribution in [3.05, 3.63) is 137 Å². The van der Waals surface area contributed by atoms with Crippen LogP contribution in [0.1, 0.15) is 79.8 Å². The van der Waals surface area contributed by atoms with Crippen molar-refractivity contribution < 1.29 is 24.0 Å². The van der Waals surface area contributed by atoms with Gasteiger partial charge in [0.25, 0.3) is 17.7 Å². The molecule has 0 bridgehead atoms. The number of nitrogen functional groups attached to an aromatic ring is 1. The number of hydrogen-bond donors (Lipinski definition) is 3. The molecule has 6 heterocycles. The van der Waals surface area contributed by atoms with Gasteiger partial charge in [0.2, 0.25) is 11.8 Å². The molecule has 9 rings (SSSR count). The van der Waals surface area contributed by atoms with Crippen molar-refractivity contribution in [3.8, 4) is 11.3 Å². The van der Waals surface area contributed by atoms with Crippen LogP contribution in [0.25, 0.3) is 16.8 Å². The molecule has 0 spiro atoms. The Morgan fingerprint density at radius 1 is 0.862 bits per heavy atom. The van der Waals surface area contributed by atoms with Crippen molar-refractivity contribution >= 4 is 58.5 Å². The van der Waals surface area contributed by atoms with E-state index in [1.807, 2.05) is 34.9 Å². The number of aromatic nitrogens is 4. The van der Waals surface area contributed by atoms with E-state index >= 15 is 0 Å². The number of thioether (sulfide) groups is 1. The maximum Gasteiger partial charge on any atom is 0.263 e. The Kier molecular flexibility index (Phi) is 9.75. The minimum Gasteiger partial charge on any atom is -0.382 e. The molecule has 1 unspecified atom stereocenters. The number of hydrogen-bond acceptors (Lipinski definition) is 11. The monoisotopic (exact) mass is 791 g/mol. The van der Waals surface area contributed by atoms with Crippen LogP contribution in [-0.2, 0) is 21.9 Å². The highest BCUT2D eigenvalue weighted by molar-refractivity contribution is 7.98. The fourth-order valence-corrected chi connectivity index (χ4v) is 9.01. The molecule has 15 heteroatoms. The van der Waals surface area contributed by atoms with Gasteiger partial charge in [0, 0.05) is 53.3 Å². The molecular weight excluding hydrogens is 755 g/mol. The molecular formula is C43H37N9O5S. The van der Waals surface area contributed by atoms with E-state index in [0.717, 1.165) is 52.3 Å².